The van der Waals surface area contributed by atoms with Crippen molar-refractivity contribution in [3.05, 3.63) is 16.0 Å². The third-order valence-corrected chi connectivity index (χ3v) is 5.17. The summed E-state index contributed by atoms with van der Waals surface area (Å²) in [4.78, 5) is 36.5. The van der Waals surface area contributed by atoms with E-state index < -0.39 is 5.97 Å². The van der Waals surface area contributed by atoms with Crippen LogP contribution < -0.4 is 16.0 Å². The third-order valence-electron chi connectivity index (χ3n) is 4.00. The van der Waals surface area contributed by atoms with Gasteiger partial charge in [-0.2, -0.15) is 0 Å². The minimum atomic E-state index is -0.421. The number of fused-ring (bicyclic) bond motifs is 1. The lowest BCUT2D eigenvalue weighted by Gasteiger charge is -2.18. The summed E-state index contributed by atoms with van der Waals surface area (Å²) in [6.07, 6.45) is 2.76. The van der Waals surface area contributed by atoms with E-state index in [9.17, 15) is 14.4 Å². The molecule has 1 aromatic rings. The van der Waals surface area contributed by atoms with Gasteiger partial charge in [-0.3, -0.25) is 14.9 Å². The van der Waals surface area contributed by atoms with E-state index in [0.717, 1.165) is 29.7 Å². The maximum absolute atomic E-state index is 12.1. The van der Waals surface area contributed by atoms with Crippen LogP contribution in [0.5, 0.6) is 0 Å². The fourth-order valence-electron chi connectivity index (χ4n) is 2.71. The van der Waals surface area contributed by atoms with Gasteiger partial charge in [0.05, 0.1) is 25.8 Å². The molecule has 0 bridgehead atoms. The van der Waals surface area contributed by atoms with E-state index in [4.69, 9.17) is 4.74 Å². The van der Waals surface area contributed by atoms with Crippen LogP contribution in [0.2, 0.25) is 0 Å². The Morgan fingerprint density at radius 3 is 2.62 bits per heavy atom. The number of rotatable bonds is 6. The van der Waals surface area contributed by atoms with Crippen molar-refractivity contribution in [3.63, 3.8) is 0 Å². The Kier molecular flexibility index (Phi) is 6.33. The highest BCUT2D eigenvalue weighted by Crippen LogP contribution is 2.39. The highest BCUT2D eigenvalue weighted by Gasteiger charge is 2.28. The summed E-state index contributed by atoms with van der Waals surface area (Å²) >= 11 is 1.44. The standard InChI is InChI=1S/C16H23N3O4S/c1-9-4-5-10-11(6-9)24-15(14(10)16(22)23-3)19-13(21)8-18-7-12(20)17-2/h9,18H,4-8H2,1-3H3,(H,17,20)(H,19,21)/t9-/m0/s1. The van der Waals surface area contributed by atoms with Gasteiger partial charge in [-0.05, 0) is 30.7 Å². The van der Waals surface area contributed by atoms with Crippen molar-refractivity contribution in [2.45, 2.75) is 26.2 Å². The highest BCUT2D eigenvalue weighted by atomic mass is 32.1. The van der Waals surface area contributed by atoms with Crippen molar-refractivity contribution in [2.75, 3.05) is 32.6 Å². The number of anilines is 1. The highest BCUT2D eigenvalue weighted by molar-refractivity contribution is 7.17. The summed E-state index contributed by atoms with van der Waals surface area (Å²) in [5, 5.41) is 8.53. The molecule has 0 aliphatic heterocycles. The fraction of sp³-hybridized carbons (Fsp3) is 0.562. The third kappa shape index (κ3) is 4.33. The molecule has 1 atom stereocenters. The minimum absolute atomic E-state index is 0.00694. The monoisotopic (exact) mass is 353 g/mol. The maximum Gasteiger partial charge on any atom is 0.341 e. The molecule has 0 radical (unpaired) electrons. The largest absolute Gasteiger partial charge is 0.465 e. The fourth-order valence-corrected chi connectivity index (χ4v) is 4.12. The number of nitrogens with one attached hydrogen (secondary N) is 3. The van der Waals surface area contributed by atoms with Crippen LogP contribution in [0.3, 0.4) is 0 Å². The van der Waals surface area contributed by atoms with Crippen LogP contribution >= 0.6 is 11.3 Å². The van der Waals surface area contributed by atoms with Crippen molar-refractivity contribution in [3.8, 4) is 0 Å². The number of carbonyl (C=O) groups excluding carboxylic acids is 3. The van der Waals surface area contributed by atoms with Crippen LogP contribution in [0.25, 0.3) is 0 Å². The lowest BCUT2D eigenvalue weighted by Crippen LogP contribution is -2.36. The van der Waals surface area contributed by atoms with Gasteiger partial charge in [0.1, 0.15) is 5.00 Å². The molecule has 8 heteroatoms. The minimum Gasteiger partial charge on any atom is -0.465 e. The molecule has 1 aliphatic carbocycles. The number of hydrogen-bond acceptors (Lipinski definition) is 6. The first-order valence-corrected chi connectivity index (χ1v) is 8.71. The van der Waals surface area contributed by atoms with Gasteiger partial charge < -0.3 is 15.4 Å². The molecule has 7 nitrogen and oxygen atoms in total. The van der Waals surface area contributed by atoms with Crippen molar-refractivity contribution in [1.82, 2.24) is 10.6 Å². The summed E-state index contributed by atoms with van der Waals surface area (Å²) in [5.41, 5.74) is 1.47. The van der Waals surface area contributed by atoms with Gasteiger partial charge in [0, 0.05) is 11.9 Å². The lowest BCUT2D eigenvalue weighted by molar-refractivity contribution is -0.120. The molecule has 0 saturated carbocycles. The zero-order chi connectivity index (χ0) is 17.7. The van der Waals surface area contributed by atoms with E-state index in [1.807, 2.05) is 0 Å². The van der Waals surface area contributed by atoms with E-state index in [1.165, 1.54) is 25.5 Å². The van der Waals surface area contributed by atoms with Crippen LogP contribution in [-0.2, 0) is 27.2 Å². The number of esters is 1. The molecule has 0 unspecified atom stereocenters. The molecule has 2 amide bonds. The first-order chi connectivity index (χ1) is 11.5. The van der Waals surface area contributed by atoms with Crippen LogP contribution in [0.1, 0.15) is 34.1 Å². The number of hydrogen-bond donors (Lipinski definition) is 3. The average molecular weight is 353 g/mol. The first kappa shape index (κ1) is 18.4. The summed E-state index contributed by atoms with van der Waals surface area (Å²) < 4.78 is 4.88. The van der Waals surface area contributed by atoms with Crippen LogP contribution in [0, 0.1) is 5.92 Å². The van der Waals surface area contributed by atoms with E-state index >= 15 is 0 Å². The molecule has 0 saturated heterocycles. The van der Waals surface area contributed by atoms with Gasteiger partial charge in [0.25, 0.3) is 0 Å². The van der Waals surface area contributed by atoms with E-state index in [0.29, 0.717) is 16.5 Å². The molecular formula is C16H23N3O4S. The summed E-state index contributed by atoms with van der Waals surface area (Å²) in [6, 6.07) is 0. The summed E-state index contributed by atoms with van der Waals surface area (Å²) in [6.45, 7) is 2.24. The van der Waals surface area contributed by atoms with E-state index in [-0.39, 0.29) is 24.9 Å². The predicted octanol–water partition coefficient (Wildman–Crippen LogP) is 0.934. The first-order valence-electron chi connectivity index (χ1n) is 7.90. The van der Waals surface area contributed by atoms with Gasteiger partial charge >= 0.3 is 5.97 Å². The summed E-state index contributed by atoms with van der Waals surface area (Å²) in [7, 11) is 2.87. The van der Waals surface area contributed by atoms with Crippen molar-refractivity contribution >= 4 is 34.1 Å². The molecule has 1 aliphatic rings. The molecule has 1 heterocycles. The zero-order valence-electron chi connectivity index (χ0n) is 14.2. The van der Waals surface area contributed by atoms with Crippen molar-refractivity contribution in [2.24, 2.45) is 5.92 Å². The number of methoxy groups -OCH3 is 1. The quantitative estimate of drug-likeness (QED) is 0.661. The van der Waals surface area contributed by atoms with Crippen LogP contribution in [-0.4, -0.2) is 45.0 Å². The topological polar surface area (TPSA) is 96.5 Å². The van der Waals surface area contributed by atoms with Gasteiger partial charge in [0.15, 0.2) is 0 Å². The second kappa shape index (κ2) is 8.25. The number of likely N-dealkylation sites (N-methyl/N-ethyl adjacent to an activating group) is 1. The van der Waals surface area contributed by atoms with Gasteiger partial charge in [-0.25, -0.2) is 4.79 Å². The average Bonchev–Trinajstić information content (AvgIpc) is 2.90. The number of amides is 2. The zero-order valence-corrected chi connectivity index (χ0v) is 15.0. The SMILES string of the molecule is CNC(=O)CNCC(=O)Nc1sc2c(c1C(=O)OC)CC[C@H](C)C2. The van der Waals surface area contributed by atoms with E-state index in [1.54, 1.807) is 0 Å². The Hall–Kier alpha value is -1.93. The Labute approximate surface area is 145 Å². The van der Waals surface area contributed by atoms with Crippen LogP contribution in [0.15, 0.2) is 0 Å². The second-order valence-electron chi connectivity index (χ2n) is 5.87. The number of thiophene rings is 1. The van der Waals surface area contributed by atoms with E-state index in [2.05, 4.69) is 22.9 Å². The molecule has 24 heavy (non-hydrogen) atoms. The molecule has 0 aromatic carbocycles. The lowest BCUT2D eigenvalue weighted by atomic mass is 9.88. The smallest absolute Gasteiger partial charge is 0.341 e. The second-order valence-corrected chi connectivity index (χ2v) is 6.98. The summed E-state index contributed by atoms with van der Waals surface area (Å²) in [5.74, 6) is -0.343. The Bertz CT molecular complexity index is 642. The molecule has 0 spiro atoms. The molecule has 2 rings (SSSR count). The number of carbonyl (C=O) groups is 3. The van der Waals surface area contributed by atoms with Gasteiger partial charge in [-0.1, -0.05) is 6.92 Å². The van der Waals surface area contributed by atoms with Gasteiger partial charge in [-0.15, -0.1) is 11.3 Å². The molecule has 0 fully saturated rings. The Balaban J connectivity index is 2.10. The van der Waals surface area contributed by atoms with Crippen LogP contribution in [0.4, 0.5) is 5.00 Å². The maximum atomic E-state index is 12.1. The molecular weight excluding hydrogens is 330 g/mol. The molecule has 132 valence electrons. The van der Waals surface area contributed by atoms with Crippen molar-refractivity contribution < 1.29 is 19.1 Å². The Morgan fingerprint density at radius 2 is 1.96 bits per heavy atom. The molecule has 1 aromatic heterocycles. The van der Waals surface area contributed by atoms with Crippen molar-refractivity contribution in [1.29, 1.82) is 0 Å². The van der Waals surface area contributed by atoms with Gasteiger partial charge in [0.2, 0.25) is 11.8 Å². The Morgan fingerprint density at radius 1 is 1.25 bits per heavy atom. The number of ether oxygens (including phenoxy) is 1. The predicted molar refractivity (Wildman–Crippen MR) is 92.4 cm³/mol. The normalized spacial score (nSPS) is 16.2. The molecule has 3 N–H and O–H groups in total.